The van der Waals surface area contributed by atoms with Crippen LogP contribution in [-0.4, -0.2) is 42.1 Å². The van der Waals surface area contributed by atoms with Crippen molar-refractivity contribution in [2.75, 3.05) is 19.0 Å². The molecule has 216 valence electrons. The van der Waals surface area contributed by atoms with Crippen molar-refractivity contribution < 1.29 is 23.9 Å². The van der Waals surface area contributed by atoms with E-state index in [2.05, 4.69) is 5.32 Å². The van der Waals surface area contributed by atoms with Crippen LogP contribution in [0.1, 0.15) is 43.4 Å². The molecule has 0 aliphatic carbocycles. The van der Waals surface area contributed by atoms with Gasteiger partial charge in [-0.1, -0.05) is 42.5 Å². The highest BCUT2D eigenvalue weighted by Gasteiger charge is 2.70. The molecule has 4 aromatic rings. The summed E-state index contributed by atoms with van der Waals surface area (Å²) in [6.07, 6.45) is 3.78. The van der Waals surface area contributed by atoms with Crippen LogP contribution in [0.4, 0.5) is 5.69 Å². The van der Waals surface area contributed by atoms with Crippen LogP contribution in [0, 0.1) is 17.2 Å². The number of carbonyl (C=O) groups excluding carboxylic acids is 3. The number of anilines is 1. The fourth-order valence-electron chi connectivity index (χ4n) is 7.10. The Labute approximate surface area is 254 Å². The number of benzene rings is 4. The summed E-state index contributed by atoms with van der Waals surface area (Å²) in [5, 5.41) is 12.0. The summed E-state index contributed by atoms with van der Waals surface area (Å²) in [4.78, 5) is 46.0. The van der Waals surface area contributed by atoms with Gasteiger partial charge in [-0.2, -0.15) is 5.26 Å². The molecule has 3 aliphatic rings. The van der Waals surface area contributed by atoms with E-state index in [0.717, 1.165) is 11.1 Å². The summed E-state index contributed by atoms with van der Waals surface area (Å²) >= 11 is 0. The van der Waals surface area contributed by atoms with Crippen molar-refractivity contribution in [1.29, 1.82) is 5.26 Å². The van der Waals surface area contributed by atoms with Gasteiger partial charge in [0.1, 0.15) is 29.0 Å². The Bertz CT molecular complexity index is 1880. The van der Waals surface area contributed by atoms with Crippen molar-refractivity contribution in [2.24, 2.45) is 5.92 Å². The molecule has 0 unspecified atom stereocenters. The topological polar surface area (TPSA) is 109 Å². The fraction of sp³-hybridized carbons (Fsp3) is 0.167. The number of nitriles is 1. The normalized spacial score (nSPS) is 22.4. The molecule has 3 aliphatic heterocycles. The third kappa shape index (κ3) is 3.93. The second-order valence-corrected chi connectivity index (χ2v) is 11.0. The molecule has 4 aromatic carbocycles. The number of nitrogens with one attached hydrogen (secondary N) is 1. The maximum atomic E-state index is 14.9. The van der Waals surface area contributed by atoms with E-state index in [1.807, 2.05) is 71.8 Å². The molecule has 1 N–H and O–H groups in total. The number of nitrogens with zero attached hydrogens (tertiary/aromatic N) is 2. The summed E-state index contributed by atoms with van der Waals surface area (Å²) < 4.78 is 10.7. The van der Waals surface area contributed by atoms with Crippen molar-refractivity contribution >= 4 is 29.2 Å². The van der Waals surface area contributed by atoms with Gasteiger partial charge in [-0.05, 0) is 77.4 Å². The summed E-state index contributed by atoms with van der Waals surface area (Å²) in [6.45, 7) is -0.128. The predicted molar refractivity (Wildman–Crippen MR) is 163 cm³/mol. The highest BCUT2D eigenvalue weighted by Crippen LogP contribution is 2.62. The molecule has 8 nitrogen and oxygen atoms in total. The quantitative estimate of drug-likeness (QED) is 0.284. The highest BCUT2D eigenvalue weighted by molar-refractivity contribution is 6.16. The number of hydrogen-bond donors (Lipinski definition) is 1. The molecule has 0 bridgehead atoms. The van der Waals surface area contributed by atoms with E-state index < -0.39 is 23.4 Å². The summed E-state index contributed by atoms with van der Waals surface area (Å²) in [5.74, 6) is -0.986. The summed E-state index contributed by atoms with van der Waals surface area (Å²) in [6, 6.07) is 28.8. The minimum atomic E-state index is -1.42. The lowest BCUT2D eigenvalue weighted by atomic mass is 9.62. The number of hydrogen-bond acceptors (Lipinski definition) is 7. The Morgan fingerprint density at radius 3 is 2.27 bits per heavy atom. The van der Waals surface area contributed by atoms with Gasteiger partial charge in [0.25, 0.3) is 0 Å². The Hall–Kier alpha value is -5.68. The van der Waals surface area contributed by atoms with Gasteiger partial charge in [-0.15, -0.1) is 0 Å². The first-order chi connectivity index (χ1) is 21.5. The van der Waals surface area contributed by atoms with E-state index in [4.69, 9.17) is 14.7 Å². The van der Waals surface area contributed by atoms with Gasteiger partial charge in [0.2, 0.25) is 5.91 Å². The zero-order valence-corrected chi connectivity index (χ0v) is 23.8. The molecule has 8 heteroatoms. The third-order valence-corrected chi connectivity index (χ3v) is 8.94. The van der Waals surface area contributed by atoms with Gasteiger partial charge in [0.15, 0.2) is 18.2 Å². The summed E-state index contributed by atoms with van der Waals surface area (Å²) in [5.41, 5.74) is 2.42. The molecule has 44 heavy (non-hydrogen) atoms. The van der Waals surface area contributed by atoms with Crippen molar-refractivity contribution in [2.45, 2.75) is 17.5 Å². The van der Waals surface area contributed by atoms with Crippen LogP contribution in [-0.2, 0) is 10.2 Å². The van der Waals surface area contributed by atoms with Gasteiger partial charge in [0.05, 0.1) is 19.1 Å². The predicted octanol–water partition coefficient (Wildman–Crippen LogP) is 5.58. The number of methoxy groups -OCH3 is 1. The molecule has 0 radical (unpaired) electrons. The Morgan fingerprint density at radius 2 is 1.55 bits per heavy atom. The molecule has 1 spiro atoms. The van der Waals surface area contributed by atoms with Crippen LogP contribution in [0.2, 0.25) is 0 Å². The average Bonchev–Trinajstić information content (AvgIpc) is 3.55. The molecular weight excluding hydrogens is 554 g/mol. The number of para-hydroxylation sites is 1. The van der Waals surface area contributed by atoms with Crippen molar-refractivity contribution in [3.63, 3.8) is 0 Å². The van der Waals surface area contributed by atoms with Gasteiger partial charge in [-0.25, -0.2) is 0 Å². The molecule has 1 fully saturated rings. The summed E-state index contributed by atoms with van der Waals surface area (Å²) in [7, 11) is 1.56. The average molecular weight is 582 g/mol. The van der Waals surface area contributed by atoms with Gasteiger partial charge in [-0.3, -0.25) is 14.4 Å². The fourth-order valence-corrected chi connectivity index (χ4v) is 7.10. The molecular formula is C36H27N3O5. The zero-order chi connectivity index (χ0) is 30.4. The molecule has 0 saturated carbocycles. The van der Waals surface area contributed by atoms with E-state index in [9.17, 15) is 14.4 Å². The SMILES string of the molecule is COc1ccc(C(=O)[C@@H]2[C@H](C(=O)c3ccc(OCC#N)cc3)[C@]3(C(=O)Nc4ccccc43)[C@@H]3c4ccccc4C=CN23)cc1. The molecule has 7 rings (SSSR count). The lowest BCUT2D eigenvalue weighted by molar-refractivity contribution is -0.122. The number of amides is 1. The first-order valence-corrected chi connectivity index (χ1v) is 14.3. The van der Waals surface area contributed by atoms with Crippen LogP contribution < -0.4 is 14.8 Å². The van der Waals surface area contributed by atoms with Crippen molar-refractivity contribution in [1.82, 2.24) is 4.90 Å². The van der Waals surface area contributed by atoms with E-state index in [1.165, 1.54) is 0 Å². The maximum absolute atomic E-state index is 14.9. The van der Waals surface area contributed by atoms with E-state index in [-0.39, 0.29) is 24.1 Å². The standard InChI is InChI=1S/C36H27N3O5/c1-43-25-14-10-24(11-15-25)33(41)31-30(32(40)23-12-16-26(17-13-23)44-21-19-37)36(28-8-4-5-9-29(28)38-35(36)42)34-27-7-3-2-6-22(27)18-20-39(31)34/h2-18,20,30-31,34H,21H2,1H3,(H,38,42)/t30-,31+,34+,36+/m1/s1. The molecule has 4 atom stereocenters. The van der Waals surface area contributed by atoms with Crippen molar-refractivity contribution in [3.05, 3.63) is 131 Å². The van der Waals surface area contributed by atoms with E-state index in [0.29, 0.717) is 33.9 Å². The highest BCUT2D eigenvalue weighted by atomic mass is 16.5. The van der Waals surface area contributed by atoms with E-state index >= 15 is 0 Å². The number of Topliss-reactive ketones (excluding diaryl/α,β-unsaturated/α-hetero) is 2. The Kier molecular flexibility index (Phi) is 6.51. The van der Waals surface area contributed by atoms with Gasteiger partial charge < -0.3 is 19.7 Å². The molecule has 0 aromatic heterocycles. The molecule has 1 amide bonds. The first-order valence-electron chi connectivity index (χ1n) is 14.3. The van der Waals surface area contributed by atoms with Crippen LogP contribution >= 0.6 is 0 Å². The second kappa shape index (κ2) is 10.5. The van der Waals surface area contributed by atoms with Crippen LogP contribution in [0.5, 0.6) is 11.5 Å². The molecule has 3 heterocycles. The minimum absolute atomic E-state index is 0.128. The monoisotopic (exact) mass is 581 g/mol. The van der Waals surface area contributed by atoms with Crippen LogP contribution in [0.25, 0.3) is 6.08 Å². The van der Waals surface area contributed by atoms with Crippen LogP contribution in [0.15, 0.2) is 103 Å². The lowest BCUT2D eigenvalue weighted by Crippen LogP contribution is -2.49. The van der Waals surface area contributed by atoms with Crippen molar-refractivity contribution in [3.8, 4) is 17.6 Å². The molecule has 1 saturated heterocycles. The lowest BCUT2D eigenvalue weighted by Gasteiger charge is -2.38. The minimum Gasteiger partial charge on any atom is -0.497 e. The zero-order valence-electron chi connectivity index (χ0n) is 23.8. The number of ketones is 2. The maximum Gasteiger partial charge on any atom is 0.238 e. The van der Waals surface area contributed by atoms with Crippen LogP contribution in [0.3, 0.4) is 0 Å². The number of rotatable bonds is 7. The first kappa shape index (κ1) is 27.2. The van der Waals surface area contributed by atoms with Gasteiger partial charge >= 0.3 is 0 Å². The Morgan fingerprint density at radius 1 is 0.886 bits per heavy atom. The number of fused-ring (bicyclic) bond motifs is 6. The Balaban J connectivity index is 1.46. The largest absolute Gasteiger partial charge is 0.497 e. The second-order valence-electron chi connectivity index (χ2n) is 11.0. The smallest absolute Gasteiger partial charge is 0.238 e. The van der Waals surface area contributed by atoms with E-state index in [1.54, 1.807) is 55.6 Å². The third-order valence-electron chi connectivity index (χ3n) is 8.94. The number of carbonyl (C=O) groups is 3. The number of ether oxygens (including phenoxy) is 2. The van der Waals surface area contributed by atoms with Gasteiger partial charge in [0, 0.05) is 23.0 Å².